The molecule has 1 heterocycles. The first-order chi connectivity index (χ1) is 13.7. The number of Topliss-reactive ketones (excluding diaryl/α,β-unsaturated/α-hetero) is 1. The van der Waals surface area contributed by atoms with Gasteiger partial charge >= 0.3 is 0 Å². The topological polar surface area (TPSA) is 83.6 Å². The maximum Gasteiger partial charge on any atom is 0.244 e. The Kier molecular flexibility index (Phi) is 6.63. The van der Waals surface area contributed by atoms with Crippen LogP contribution in [-0.4, -0.2) is 37.5 Å². The molecule has 1 amide bonds. The number of nitrogens with one attached hydrogen (secondary N) is 1. The lowest BCUT2D eigenvalue weighted by Gasteiger charge is -2.31. The standard InChI is InChI=1S/C20H20Cl2N2O4S/c1-13(25)16-4-2-3-5-18(16)23-20(26)14-8-10-24(11-9-14)29(27,28)19-12-15(21)6-7-17(19)22/h2-7,12,14H,8-11H2,1H3,(H,23,26). The minimum Gasteiger partial charge on any atom is -0.325 e. The number of carbonyl (C=O) groups excluding carboxylic acids is 2. The van der Waals surface area contributed by atoms with E-state index in [1.807, 2.05) is 0 Å². The second kappa shape index (κ2) is 8.83. The van der Waals surface area contributed by atoms with Gasteiger partial charge in [-0.3, -0.25) is 9.59 Å². The summed E-state index contributed by atoms with van der Waals surface area (Å²) in [6.07, 6.45) is 0.733. The van der Waals surface area contributed by atoms with E-state index in [1.165, 1.54) is 29.4 Å². The van der Waals surface area contributed by atoms with Crippen LogP contribution in [0.3, 0.4) is 0 Å². The summed E-state index contributed by atoms with van der Waals surface area (Å²) in [5, 5.41) is 3.19. The minimum atomic E-state index is -3.80. The van der Waals surface area contributed by atoms with Gasteiger partial charge in [0.1, 0.15) is 4.90 Å². The van der Waals surface area contributed by atoms with Crippen molar-refractivity contribution in [2.24, 2.45) is 5.92 Å². The molecule has 1 aliphatic heterocycles. The van der Waals surface area contributed by atoms with E-state index >= 15 is 0 Å². The van der Waals surface area contributed by atoms with Crippen LogP contribution in [-0.2, 0) is 14.8 Å². The van der Waals surface area contributed by atoms with Gasteiger partial charge in [0.25, 0.3) is 0 Å². The molecule has 1 saturated heterocycles. The SMILES string of the molecule is CC(=O)c1ccccc1NC(=O)C1CCN(S(=O)(=O)c2cc(Cl)ccc2Cl)CC1. The molecule has 0 bridgehead atoms. The largest absolute Gasteiger partial charge is 0.325 e. The van der Waals surface area contributed by atoms with Crippen molar-refractivity contribution in [3.63, 3.8) is 0 Å². The Balaban J connectivity index is 1.68. The second-order valence-corrected chi connectivity index (χ2v) is 9.59. The van der Waals surface area contributed by atoms with Gasteiger partial charge in [-0.05, 0) is 50.1 Å². The summed E-state index contributed by atoms with van der Waals surface area (Å²) in [6, 6.07) is 11.1. The number of hydrogen-bond donors (Lipinski definition) is 1. The van der Waals surface area contributed by atoms with Gasteiger partial charge in [-0.15, -0.1) is 0 Å². The van der Waals surface area contributed by atoms with Crippen molar-refractivity contribution in [1.82, 2.24) is 4.31 Å². The van der Waals surface area contributed by atoms with E-state index < -0.39 is 10.0 Å². The van der Waals surface area contributed by atoms with Gasteiger partial charge < -0.3 is 5.32 Å². The molecule has 0 aromatic heterocycles. The zero-order chi connectivity index (χ0) is 21.2. The molecule has 154 valence electrons. The van der Waals surface area contributed by atoms with Crippen LogP contribution in [0.25, 0.3) is 0 Å². The first-order valence-electron chi connectivity index (χ1n) is 9.06. The van der Waals surface area contributed by atoms with Crippen LogP contribution in [0.2, 0.25) is 10.0 Å². The molecular weight excluding hydrogens is 435 g/mol. The Hall–Kier alpha value is -1.93. The molecule has 29 heavy (non-hydrogen) atoms. The number of carbonyl (C=O) groups is 2. The van der Waals surface area contributed by atoms with E-state index in [0.29, 0.717) is 24.1 Å². The molecule has 9 heteroatoms. The lowest BCUT2D eigenvalue weighted by molar-refractivity contribution is -0.120. The number of piperidine rings is 1. The fourth-order valence-electron chi connectivity index (χ4n) is 3.31. The molecule has 1 fully saturated rings. The molecule has 0 radical (unpaired) electrons. The summed E-state index contributed by atoms with van der Waals surface area (Å²) in [6.45, 7) is 1.82. The van der Waals surface area contributed by atoms with E-state index in [9.17, 15) is 18.0 Å². The van der Waals surface area contributed by atoms with Crippen molar-refractivity contribution < 1.29 is 18.0 Å². The molecule has 0 aliphatic carbocycles. The number of benzene rings is 2. The summed E-state index contributed by atoms with van der Waals surface area (Å²) >= 11 is 12.0. The summed E-state index contributed by atoms with van der Waals surface area (Å²) in [5.74, 6) is -0.715. The Morgan fingerprint density at radius 3 is 2.38 bits per heavy atom. The van der Waals surface area contributed by atoms with Crippen molar-refractivity contribution in [2.75, 3.05) is 18.4 Å². The average molecular weight is 455 g/mol. The maximum absolute atomic E-state index is 12.9. The van der Waals surface area contributed by atoms with Crippen molar-refractivity contribution in [3.8, 4) is 0 Å². The van der Waals surface area contributed by atoms with Crippen LogP contribution in [0, 0.1) is 5.92 Å². The molecule has 2 aromatic rings. The fraction of sp³-hybridized carbons (Fsp3) is 0.300. The van der Waals surface area contributed by atoms with Crippen LogP contribution < -0.4 is 5.32 Å². The highest BCUT2D eigenvalue weighted by atomic mass is 35.5. The Morgan fingerprint density at radius 2 is 1.72 bits per heavy atom. The third kappa shape index (κ3) is 4.80. The zero-order valence-corrected chi connectivity index (χ0v) is 18.0. The van der Waals surface area contributed by atoms with Crippen LogP contribution in [0.4, 0.5) is 5.69 Å². The van der Waals surface area contributed by atoms with E-state index in [2.05, 4.69) is 5.32 Å². The molecule has 0 atom stereocenters. The number of hydrogen-bond acceptors (Lipinski definition) is 4. The molecule has 0 spiro atoms. The van der Waals surface area contributed by atoms with Crippen LogP contribution >= 0.6 is 23.2 Å². The summed E-state index contributed by atoms with van der Waals surface area (Å²) in [5.41, 5.74) is 0.905. The highest BCUT2D eigenvalue weighted by Gasteiger charge is 2.33. The normalized spacial score (nSPS) is 15.8. The summed E-state index contributed by atoms with van der Waals surface area (Å²) in [4.78, 5) is 24.3. The van der Waals surface area contributed by atoms with Gasteiger partial charge in [-0.25, -0.2) is 8.42 Å². The van der Waals surface area contributed by atoms with Crippen molar-refractivity contribution >= 4 is 50.6 Å². The molecular formula is C20H20Cl2N2O4S. The van der Waals surface area contributed by atoms with Gasteiger partial charge in [0.05, 0.1) is 10.7 Å². The van der Waals surface area contributed by atoms with Crippen LogP contribution in [0.15, 0.2) is 47.4 Å². The van der Waals surface area contributed by atoms with Gasteiger partial charge in [-0.2, -0.15) is 4.31 Å². The molecule has 3 rings (SSSR count). The van der Waals surface area contributed by atoms with Crippen molar-refractivity contribution in [2.45, 2.75) is 24.7 Å². The quantitative estimate of drug-likeness (QED) is 0.684. The van der Waals surface area contributed by atoms with Crippen LogP contribution in [0.5, 0.6) is 0 Å². The highest BCUT2D eigenvalue weighted by molar-refractivity contribution is 7.89. The molecule has 0 saturated carbocycles. The highest BCUT2D eigenvalue weighted by Crippen LogP contribution is 2.30. The van der Waals surface area contributed by atoms with Gasteiger partial charge in [0.15, 0.2) is 5.78 Å². The molecule has 2 aromatic carbocycles. The molecule has 0 unspecified atom stereocenters. The smallest absolute Gasteiger partial charge is 0.244 e. The number of sulfonamides is 1. The third-order valence-corrected chi connectivity index (χ3v) is 7.52. The van der Waals surface area contributed by atoms with Crippen molar-refractivity contribution in [1.29, 1.82) is 0 Å². The monoisotopic (exact) mass is 454 g/mol. The minimum absolute atomic E-state index is 0.0371. The lowest BCUT2D eigenvalue weighted by Crippen LogP contribution is -2.41. The number of halogens is 2. The van der Waals surface area contributed by atoms with Gasteiger partial charge in [0.2, 0.25) is 15.9 Å². The van der Waals surface area contributed by atoms with E-state index in [-0.39, 0.29) is 45.6 Å². The Morgan fingerprint density at radius 1 is 1.07 bits per heavy atom. The number of anilines is 1. The zero-order valence-electron chi connectivity index (χ0n) is 15.7. The number of nitrogens with zero attached hydrogens (tertiary/aromatic N) is 1. The number of amides is 1. The van der Waals surface area contributed by atoms with E-state index in [4.69, 9.17) is 23.2 Å². The summed E-state index contributed by atoms with van der Waals surface area (Å²) in [7, 11) is -3.80. The lowest BCUT2D eigenvalue weighted by atomic mass is 9.97. The molecule has 1 aliphatic rings. The first kappa shape index (κ1) is 21.8. The first-order valence-corrected chi connectivity index (χ1v) is 11.3. The predicted molar refractivity (Wildman–Crippen MR) is 113 cm³/mol. The van der Waals surface area contributed by atoms with E-state index in [0.717, 1.165) is 0 Å². The molecule has 1 N–H and O–H groups in total. The van der Waals surface area contributed by atoms with Crippen LogP contribution in [0.1, 0.15) is 30.1 Å². The summed E-state index contributed by atoms with van der Waals surface area (Å²) < 4.78 is 27.1. The van der Waals surface area contributed by atoms with Gasteiger partial charge in [-0.1, -0.05) is 35.3 Å². The number of ketones is 1. The Bertz CT molecular complexity index is 1050. The fourth-order valence-corrected chi connectivity index (χ4v) is 5.51. The predicted octanol–water partition coefficient (Wildman–Crippen LogP) is 4.24. The third-order valence-electron chi connectivity index (χ3n) is 4.90. The van der Waals surface area contributed by atoms with E-state index in [1.54, 1.807) is 24.3 Å². The second-order valence-electron chi connectivity index (χ2n) is 6.84. The Labute approximate surface area is 179 Å². The van der Waals surface area contributed by atoms with Crippen molar-refractivity contribution in [3.05, 3.63) is 58.1 Å². The average Bonchev–Trinajstić information content (AvgIpc) is 2.70. The maximum atomic E-state index is 12.9. The number of rotatable bonds is 5. The van der Waals surface area contributed by atoms with Gasteiger partial charge in [0, 0.05) is 29.6 Å². The number of para-hydroxylation sites is 1. The molecule has 6 nitrogen and oxygen atoms in total.